The average molecular weight is 280 g/mol. The summed E-state index contributed by atoms with van der Waals surface area (Å²) in [6.45, 7) is 0.691. The van der Waals surface area contributed by atoms with Crippen molar-refractivity contribution in [1.29, 1.82) is 5.26 Å². The molecule has 0 aliphatic carbocycles. The standard InChI is InChI=1S/C15H12N4O2/c16-11-12-4-6-13(7-5-12)21-10-9-19-15(20)18-8-2-1-3-14(18)17-19/h1-8H,9-10H2. The van der Waals surface area contributed by atoms with Crippen molar-refractivity contribution in [3.63, 3.8) is 0 Å². The number of hydrogen-bond donors (Lipinski definition) is 0. The first kappa shape index (κ1) is 12.9. The molecule has 3 aromatic rings. The fraction of sp³-hybridized carbons (Fsp3) is 0.133. The van der Waals surface area contributed by atoms with Gasteiger partial charge in [-0.2, -0.15) is 5.26 Å². The van der Waals surface area contributed by atoms with Crippen LogP contribution in [0, 0.1) is 11.3 Å². The second-order valence-corrected chi connectivity index (χ2v) is 4.42. The third kappa shape index (κ3) is 2.62. The number of nitriles is 1. The van der Waals surface area contributed by atoms with Gasteiger partial charge in [0.25, 0.3) is 0 Å². The molecular weight excluding hydrogens is 268 g/mol. The third-order valence-corrected chi connectivity index (χ3v) is 3.04. The second-order valence-electron chi connectivity index (χ2n) is 4.42. The molecule has 6 nitrogen and oxygen atoms in total. The van der Waals surface area contributed by atoms with Crippen LogP contribution >= 0.6 is 0 Å². The van der Waals surface area contributed by atoms with Crippen LogP contribution in [0.3, 0.4) is 0 Å². The minimum Gasteiger partial charge on any atom is -0.492 e. The van der Waals surface area contributed by atoms with Gasteiger partial charge in [0.2, 0.25) is 0 Å². The van der Waals surface area contributed by atoms with Crippen molar-refractivity contribution in [1.82, 2.24) is 14.2 Å². The highest BCUT2D eigenvalue weighted by atomic mass is 16.5. The highest BCUT2D eigenvalue weighted by Gasteiger charge is 2.05. The van der Waals surface area contributed by atoms with E-state index in [9.17, 15) is 4.79 Å². The van der Waals surface area contributed by atoms with Crippen LogP contribution in [-0.4, -0.2) is 20.8 Å². The van der Waals surface area contributed by atoms with Gasteiger partial charge in [0.1, 0.15) is 12.4 Å². The van der Waals surface area contributed by atoms with E-state index in [1.54, 1.807) is 42.6 Å². The number of fused-ring (bicyclic) bond motifs is 1. The maximum absolute atomic E-state index is 12.0. The molecule has 0 spiro atoms. The Labute approximate surface area is 120 Å². The predicted octanol–water partition coefficient (Wildman–Crippen LogP) is 1.45. The smallest absolute Gasteiger partial charge is 0.350 e. The molecule has 0 N–H and O–H groups in total. The zero-order valence-electron chi connectivity index (χ0n) is 11.1. The highest BCUT2D eigenvalue weighted by molar-refractivity contribution is 5.35. The number of pyridine rings is 1. The highest BCUT2D eigenvalue weighted by Crippen LogP contribution is 2.11. The Kier molecular flexibility index (Phi) is 3.39. The molecule has 1 aromatic carbocycles. The average Bonchev–Trinajstić information content (AvgIpc) is 2.85. The summed E-state index contributed by atoms with van der Waals surface area (Å²) >= 11 is 0. The van der Waals surface area contributed by atoms with Crippen molar-refractivity contribution < 1.29 is 4.74 Å². The maximum atomic E-state index is 12.0. The quantitative estimate of drug-likeness (QED) is 0.725. The molecule has 0 saturated carbocycles. The summed E-state index contributed by atoms with van der Waals surface area (Å²) < 4.78 is 8.40. The molecule has 0 bridgehead atoms. The van der Waals surface area contributed by atoms with E-state index < -0.39 is 0 Å². The fourth-order valence-corrected chi connectivity index (χ4v) is 1.99. The number of aromatic nitrogens is 3. The lowest BCUT2D eigenvalue weighted by Gasteiger charge is -2.05. The number of nitrogens with zero attached hydrogens (tertiary/aromatic N) is 4. The first-order chi connectivity index (χ1) is 10.3. The maximum Gasteiger partial charge on any atom is 0.350 e. The lowest BCUT2D eigenvalue weighted by molar-refractivity contribution is 0.289. The van der Waals surface area contributed by atoms with Gasteiger partial charge in [-0.1, -0.05) is 6.07 Å². The van der Waals surface area contributed by atoms with E-state index >= 15 is 0 Å². The molecule has 3 rings (SSSR count). The van der Waals surface area contributed by atoms with E-state index in [1.165, 1.54) is 9.08 Å². The molecule has 0 radical (unpaired) electrons. The monoisotopic (exact) mass is 280 g/mol. The number of hydrogen-bond acceptors (Lipinski definition) is 4. The van der Waals surface area contributed by atoms with Crippen LogP contribution in [0.1, 0.15) is 5.56 Å². The van der Waals surface area contributed by atoms with Crippen molar-refractivity contribution in [3.05, 3.63) is 64.7 Å². The first-order valence-corrected chi connectivity index (χ1v) is 6.45. The van der Waals surface area contributed by atoms with Gasteiger partial charge in [0, 0.05) is 6.20 Å². The Morgan fingerprint density at radius 3 is 2.71 bits per heavy atom. The van der Waals surface area contributed by atoms with Gasteiger partial charge in [-0.25, -0.2) is 9.48 Å². The molecule has 6 heteroatoms. The zero-order valence-corrected chi connectivity index (χ0v) is 11.1. The molecule has 0 saturated heterocycles. The summed E-state index contributed by atoms with van der Waals surface area (Å²) in [6.07, 6.45) is 1.68. The molecule has 0 atom stereocenters. The molecule has 0 fully saturated rings. The largest absolute Gasteiger partial charge is 0.492 e. The summed E-state index contributed by atoms with van der Waals surface area (Å²) in [6, 6.07) is 14.3. The number of ether oxygens (including phenoxy) is 1. The lowest BCUT2D eigenvalue weighted by Crippen LogP contribution is -2.23. The third-order valence-electron chi connectivity index (χ3n) is 3.04. The zero-order chi connectivity index (χ0) is 14.7. The van der Waals surface area contributed by atoms with Gasteiger partial charge in [-0.3, -0.25) is 4.40 Å². The SMILES string of the molecule is N#Cc1ccc(OCCn2nc3ccccn3c2=O)cc1. The van der Waals surface area contributed by atoms with Crippen LogP contribution in [-0.2, 0) is 6.54 Å². The van der Waals surface area contributed by atoms with E-state index in [2.05, 4.69) is 5.10 Å². The molecule has 0 unspecified atom stereocenters. The van der Waals surface area contributed by atoms with Gasteiger partial charge in [-0.05, 0) is 36.4 Å². The van der Waals surface area contributed by atoms with Crippen LogP contribution in [0.15, 0.2) is 53.5 Å². The number of rotatable bonds is 4. The minimum absolute atomic E-state index is 0.186. The minimum atomic E-state index is -0.186. The first-order valence-electron chi connectivity index (χ1n) is 6.45. The van der Waals surface area contributed by atoms with Gasteiger partial charge in [0.05, 0.1) is 18.2 Å². The van der Waals surface area contributed by atoms with Crippen molar-refractivity contribution in [2.45, 2.75) is 6.54 Å². The Morgan fingerprint density at radius 2 is 2.00 bits per heavy atom. The summed E-state index contributed by atoms with van der Waals surface area (Å²) in [5.74, 6) is 0.658. The van der Waals surface area contributed by atoms with Crippen molar-refractivity contribution in [2.24, 2.45) is 0 Å². The summed E-state index contributed by atoms with van der Waals surface area (Å²) in [5, 5.41) is 12.9. The molecule has 104 valence electrons. The Bertz CT molecular complexity index is 856. The molecule has 21 heavy (non-hydrogen) atoms. The normalized spacial score (nSPS) is 10.4. The summed E-state index contributed by atoms with van der Waals surface area (Å²) in [5.41, 5.74) is 1.01. The lowest BCUT2D eigenvalue weighted by atomic mass is 10.2. The van der Waals surface area contributed by atoms with E-state index in [1.807, 2.05) is 12.1 Å². The van der Waals surface area contributed by atoms with Crippen molar-refractivity contribution >= 4 is 5.65 Å². The van der Waals surface area contributed by atoms with Crippen molar-refractivity contribution in [3.8, 4) is 11.8 Å². The van der Waals surface area contributed by atoms with Gasteiger partial charge in [0.15, 0.2) is 5.65 Å². The predicted molar refractivity (Wildman–Crippen MR) is 76.1 cm³/mol. The molecular formula is C15H12N4O2. The van der Waals surface area contributed by atoms with Gasteiger partial charge < -0.3 is 4.74 Å². The number of benzene rings is 1. The fourth-order valence-electron chi connectivity index (χ4n) is 1.99. The summed E-state index contributed by atoms with van der Waals surface area (Å²) in [4.78, 5) is 12.0. The van der Waals surface area contributed by atoms with Crippen LogP contribution in [0.25, 0.3) is 5.65 Å². The Hall–Kier alpha value is -3.07. The van der Waals surface area contributed by atoms with E-state index in [0.717, 1.165) is 0 Å². The van der Waals surface area contributed by atoms with E-state index in [4.69, 9.17) is 10.00 Å². The van der Waals surface area contributed by atoms with Crippen molar-refractivity contribution in [2.75, 3.05) is 6.61 Å². The topological polar surface area (TPSA) is 72.3 Å². The van der Waals surface area contributed by atoms with Crippen LogP contribution < -0.4 is 10.4 Å². The van der Waals surface area contributed by atoms with Gasteiger partial charge in [-0.15, -0.1) is 5.10 Å². The Balaban J connectivity index is 1.68. The second kappa shape index (κ2) is 5.51. The Morgan fingerprint density at radius 1 is 1.19 bits per heavy atom. The van der Waals surface area contributed by atoms with Crippen LogP contribution in [0.4, 0.5) is 0 Å². The van der Waals surface area contributed by atoms with E-state index in [0.29, 0.717) is 30.1 Å². The molecule has 0 amide bonds. The molecule has 0 aliphatic rings. The molecule has 2 aromatic heterocycles. The van der Waals surface area contributed by atoms with Crippen LogP contribution in [0.5, 0.6) is 5.75 Å². The van der Waals surface area contributed by atoms with E-state index in [-0.39, 0.29) is 5.69 Å². The molecule has 2 heterocycles. The summed E-state index contributed by atoms with van der Waals surface area (Å²) in [7, 11) is 0. The molecule has 0 aliphatic heterocycles. The van der Waals surface area contributed by atoms with Gasteiger partial charge >= 0.3 is 5.69 Å². The van der Waals surface area contributed by atoms with Crippen LogP contribution in [0.2, 0.25) is 0 Å².